The van der Waals surface area contributed by atoms with Crippen molar-refractivity contribution < 1.29 is 14.3 Å². The standard InChI is InChI=1S/C16H21ClN2O3/c1-19(13-7-3-4-9-18-16(13)21)15(20)10-11-12(17)6-5-8-14(11)22-2/h5-6,8,13H,3-4,7,9-10H2,1-2H3,(H,18,21)/t13-/m0/s1. The zero-order valence-corrected chi connectivity index (χ0v) is 13.7. The molecule has 0 bridgehead atoms. The van der Waals surface area contributed by atoms with Crippen LogP contribution in [0.4, 0.5) is 0 Å². The summed E-state index contributed by atoms with van der Waals surface area (Å²) in [4.78, 5) is 26.1. The van der Waals surface area contributed by atoms with E-state index in [2.05, 4.69) is 5.32 Å². The molecular weight excluding hydrogens is 304 g/mol. The Morgan fingerprint density at radius 2 is 2.23 bits per heavy atom. The van der Waals surface area contributed by atoms with E-state index in [0.29, 0.717) is 29.3 Å². The molecule has 0 saturated carbocycles. The molecule has 6 heteroatoms. The van der Waals surface area contributed by atoms with Crippen LogP contribution in [-0.2, 0) is 16.0 Å². The fraction of sp³-hybridized carbons (Fsp3) is 0.500. The Bertz CT molecular complexity index is 562. The second-order valence-corrected chi connectivity index (χ2v) is 5.81. The van der Waals surface area contributed by atoms with Crippen molar-refractivity contribution in [2.75, 3.05) is 20.7 Å². The van der Waals surface area contributed by atoms with Crippen LogP contribution >= 0.6 is 11.6 Å². The van der Waals surface area contributed by atoms with Gasteiger partial charge < -0.3 is 15.0 Å². The number of carbonyl (C=O) groups is 2. The summed E-state index contributed by atoms with van der Waals surface area (Å²) in [5.41, 5.74) is 0.651. The molecule has 120 valence electrons. The normalized spacial score (nSPS) is 18.3. The number of ether oxygens (including phenoxy) is 1. The van der Waals surface area contributed by atoms with Crippen molar-refractivity contribution in [3.8, 4) is 5.75 Å². The highest BCUT2D eigenvalue weighted by molar-refractivity contribution is 6.31. The summed E-state index contributed by atoms with van der Waals surface area (Å²) in [6.45, 7) is 0.676. The number of hydrogen-bond donors (Lipinski definition) is 1. The summed E-state index contributed by atoms with van der Waals surface area (Å²) in [7, 11) is 3.21. The Morgan fingerprint density at radius 3 is 2.95 bits per heavy atom. The average molecular weight is 325 g/mol. The third-order valence-corrected chi connectivity index (χ3v) is 4.35. The summed E-state index contributed by atoms with van der Waals surface area (Å²) < 4.78 is 5.26. The lowest BCUT2D eigenvalue weighted by Crippen LogP contribution is -2.47. The second kappa shape index (κ2) is 7.49. The van der Waals surface area contributed by atoms with Crippen molar-refractivity contribution in [3.05, 3.63) is 28.8 Å². The molecule has 0 aromatic heterocycles. The number of halogens is 1. The number of rotatable bonds is 4. The van der Waals surface area contributed by atoms with Gasteiger partial charge in [0.15, 0.2) is 0 Å². The van der Waals surface area contributed by atoms with E-state index < -0.39 is 6.04 Å². The van der Waals surface area contributed by atoms with Crippen molar-refractivity contribution >= 4 is 23.4 Å². The Morgan fingerprint density at radius 1 is 1.45 bits per heavy atom. The number of hydrogen-bond acceptors (Lipinski definition) is 3. The van der Waals surface area contributed by atoms with E-state index in [1.165, 1.54) is 4.90 Å². The smallest absolute Gasteiger partial charge is 0.242 e. The Hall–Kier alpha value is -1.75. The lowest BCUT2D eigenvalue weighted by atomic mass is 10.1. The molecular formula is C16H21ClN2O3. The number of carbonyl (C=O) groups excluding carboxylic acids is 2. The molecule has 2 amide bonds. The first-order chi connectivity index (χ1) is 10.5. The molecule has 1 fully saturated rings. The summed E-state index contributed by atoms with van der Waals surface area (Å²) >= 11 is 6.17. The number of nitrogens with zero attached hydrogens (tertiary/aromatic N) is 1. The predicted molar refractivity (Wildman–Crippen MR) is 85.1 cm³/mol. The van der Waals surface area contributed by atoms with Crippen LogP contribution in [0.1, 0.15) is 24.8 Å². The number of likely N-dealkylation sites (N-methyl/N-ethyl adjacent to an activating group) is 1. The molecule has 0 unspecified atom stereocenters. The minimum Gasteiger partial charge on any atom is -0.496 e. The molecule has 1 heterocycles. The minimum absolute atomic E-state index is 0.0838. The van der Waals surface area contributed by atoms with Gasteiger partial charge in [0, 0.05) is 24.2 Å². The van der Waals surface area contributed by atoms with Gasteiger partial charge in [0.1, 0.15) is 11.8 Å². The van der Waals surface area contributed by atoms with Crippen LogP contribution in [0.15, 0.2) is 18.2 Å². The third kappa shape index (κ3) is 3.71. The van der Waals surface area contributed by atoms with Crippen molar-refractivity contribution in [2.45, 2.75) is 31.7 Å². The quantitative estimate of drug-likeness (QED) is 0.921. The predicted octanol–water partition coefficient (Wildman–Crippen LogP) is 2.02. The van der Waals surface area contributed by atoms with Crippen molar-refractivity contribution in [1.29, 1.82) is 0 Å². The molecule has 0 radical (unpaired) electrons. The zero-order chi connectivity index (χ0) is 16.1. The first-order valence-corrected chi connectivity index (χ1v) is 7.77. The van der Waals surface area contributed by atoms with Crippen LogP contribution in [0.5, 0.6) is 5.75 Å². The Labute approximate surface area is 135 Å². The fourth-order valence-electron chi connectivity index (χ4n) is 2.64. The molecule has 22 heavy (non-hydrogen) atoms. The lowest BCUT2D eigenvalue weighted by Gasteiger charge is -2.26. The summed E-state index contributed by atoms with van der Waals surface area (Å²) in [5.74, 6) is 0.354. The summed E-state index contributed by atoms with van der Waals surface area (Å²) in [5, 5.41) is 3.34. The number of benzene rings is 1. The van der Waals surface area contributed by atoms with Crippen LogP contribution in [0.3, 0.4) is 0 Å². The Kier molecular flexibility index (Phi) is 5.66. The largest absolute Gasteiger partial charge is 0.496 e. The highest BCUT2D eigenvalue weighted by Crippen LogP contribution is 2.27. The molecule has 1 aliphatic rings. The number of amides is 2. The molecule has 1 aromatic rings. The fourth-order valence-corrected chi connectivity index (χ4v) is 2.88. The van der Waals surface area contributed by atoms with Gasteiger partial charge in [-0.2, -0.15) is 0 Å². The first-order valence-electron chi connectivity index (χ1n) is 7.39. The van der Waals surface area contributed by atoms with Crippen LogP contribution in [0, 0.1) is 0 Å². The van der Waals surface area contributed by atoms with E-state index in [0.717, 1.165) is 12.8 Å². The van der Waals surface area contributed by atoms with Gasteiger partial charge in [0.2, 0.25) is 11.8 Å². The van der Waals surface area contributed by atoms with E-state index in [-0.39, 0.29) is 18.2 Å². The van der Waals surface area contributed by atoms with Gasteiger partial charge in [-0.1, -0.05) is 17.7 Å². The van der Waals surface area contributed by atoms with Crippen molar-refractivity contribution in [1.82, 2.24) is 10.2 Å². The van der Waals surface area contributed by atoms with Gasteiger partial charge in [0.05, 0.1) is 13.5 Å². The van der Waals surface area contributed by atoms with Crippen LogP contribution < -0.4 is 10.1 Å². The van der Waals surface area contributed by atoms with Crippen LogP contribution in [0.25, 0.3) is 0 Å². The molecule has 0 spiro atoms. The number of methoxy groups -OCH3 is 1. The maximum Gasteiger partial charge on any atom is 0.242 e. The molecule has 1 saturated heterocycles. The van der Waals surface area contributed by atoms with Gasteiger partial charge in [-0.15, -0.1) is 0 Å². The van der Waals surface area contributed by atoms with Gasteiger partial charge in [-0.05, 0) is 31.4 Å². The Balaban J connectivity index is 2.13. The monoisotopic (exact) mass is 324 g/mol. The molecule has 1 atom stereocenters. The van der Waals surface area contributed by atoms with Crippen LogP contribution in [0.2, 0.25) is 5.02 Å². The average Bonchev–Trinajstić information content (AvgIpc) is 2.73. The lowest BCUT2D eigenvalue weighted by molar-refractivity contribution is -0.138. The molecule has 1 aliphatic heterocycles. The topological polar surface area (TPSA) is 58.6 Å². The van der Waals surface area contributed by atoms with Gasteiger partial charge in [-0.25, -0.2) is 0 Å². The third-order valence-electron chi connectivity index (χ3n) is 3.99. The van der Waals surface area contributed by atoms with E-state index in [4.69, 9.17) is 16.3 Å². The van der Waals surface area contributed by atoms with E-state index in [9.17, 15) is 9.59 Å². The van der Waals surface area contributed by atoms with Crippen molar-refractivity contribution in [3.63, 3.8) is 0 Å². The molecule has 2 rings (SSSR count). The van der Waals surface area contributed by atoms with E-state index >= 15 is 0 Å². The highest BCUT2D eigenvalue weighted by Gasteiger charge is 2.28. The molecule has 1 N–H and O–H groups in total. The van der Waals surface area contributed by atoms with Gasteiger partial charge >= 0.3 is 0 Å². The van der Waals surface area contributed by atoms with E-state index in [1.807, 2.05) is 0 Å². The second-order valence-electron chi connectivity index (χ2n) is 5.40. The van der Waals surface area contributed by atoms with Crippen LogP contribution in [-0.4, -0.2) is 43.5 Å². The SMILES string of the molecule is COc1cccc(Cl)c1CC(=O)N(C)[C@H]1CCCCNC1=O. The molecule has 0 aliphatic carbocycles. The van der Waals surface area contributed by atoms with Gasteiger partial charge in [0.25, 0.3) is 0 Å². The molecule has 1 aromatic carbocycles. The minimum atomic E-state index is -0.413. The van der Waals surface area contributed by atoms with E-state index in [1.54, 1.807) is 32.4 Å². The van der Waals surface area contributed by atoms with Gasteiger partial charge in [-0.3, -0.25) is 9.59 Å². The summed E-state index contributed by atoms with van der Waals surface area (Å²) in [6, 6.07) is 4.86. The first kappa shape index (κ1) is 16.6. The van der Waals surface area contributed by atoms with Crippen molar-refractivity contribution in [2.24, 2.45) is 0 Å². The highest BCUT2D eigenvalue weighted by atomic mass is 35.5. The zero-order valence-electron chi connectivity index (χ0n) is 12.9. The maximum atomic E-state index is 12.5. The number of nitrogens with one attached hydrogen (secondary N) is 1. The molecule has 5 nitrogen and oxygen atoms in total. The summed E-state index contributed by atoms with van der Waals surface area (Å²) in [6.07, 6.45) is 2.68. The maximum absolute atomic E-state index is 12.5.